The second kappa shape index (κ2) is 8.18. The van der Waals surface area contributed by atoms with E-state index in [-0.39, 0.29) is 16.2 Å². The van der Waals surface area contributed by atoms with Gasteiger partial charge in [0.15, 0.2) is 5.16 Å². The molecular formula is C22H23F2N3O2S2. The van der Waals surface area contributed by atoms with E-state index in [0.717, 1.165) is 37.7 Å². The van der Waals surface area contributed by atoms with Crippen LogP contribution < -0.4 is 0 Å². The minimum absolute atomic E-state index is 0.0230. The number of benzene rings is 2. The van der Waals surface area contributed by atoms with E-state index in [4.69, 9.17) is 0 Å². The summed E-state index contributed by atoms with van der Waals surface area (Å²) >= 11 is 1.27. The van der Waals surface area contributed by atoms with Crippen LogP contribution in [0.3, 0.4) is 0 Å². The summed E-state index contributed by atoms with van der Waals surface area (Å²) in [6.07, 6.45) is 4.05. The van der Waals surface area contributed by atoms with Crippen molar-refractivity contribution < 1.29 is 17.2 Å². The number of sulfonamides is 1. The molecule has 0 atom stereocenters. The SMILES string of the molecule is O=S(=O)(c1ccc2c(c1)nc(SCc1c(F)cccc1F)n2CC1CC1)N1CCCC1. The maximum Gasteiger partial charge on any atom is 0.243 e. The van der Waals surface area contributed by atoms with Gasteiger partial charge in [0.2, 0.25) is 10.0 Å². The molecule has 2 fully saturated rings. The number of hydrogen-bond donors (Lipinski definition) is 0. The first-order valence-corrected chi connectivity index (χ1v) is 12.9. The van der Waals surface area contributed by atoms with Crippen molar-refractivity contribution in [3.63, 3.8) is 0 Å². The Bertz CT molecular complexity index is 1210. The molecule has 0 N–H and O–H groups in total. The summed E-state index contributed by atoms with van der Waals surface area (Å²) in [7, 11) is -3.53. The molecule has 5 rings (SSSR count). The molecule has 0 radical (unpaired) electrons. The number of hydrogen-bond acceptors (Lipinski definition) is 4. The Balaban J connectivity index is 1.49. The third-order valence-electron chi connectivity index (χ3n) is 5.93. The molecule has 1 saturated carbocycles. The zero-order valence-corrected chi connectivity index (χ0v) is 18.6. The van der Waals surface area contributed by atoms with Crippen LogP contribution in [0.25, 0.3) is 11.0 Å². The van der Waals surface area contributed by atoms with Gasteiger partial charge in [0, 0.05) is 31.0 Å². The minimum atomic E-state index is -3.53. The fraction of sp³-hybridized carbons (Fsp3) is 0.409. The van der Waals surface area contributed by atoms with Gasteiger partial charge in [-0.3, -0.25) is 0 Å². The Morgan fingerprint density at radius 3 is 2.45 bits per heavy atom. The standard InChI is InChI=1S/C22H23F2N3O2S2/c23-18-4-3-5-19(24)17(18)14-30-22-25-20-12-16(31(28,29)26-10-1-2-11-26)8-9-21(20)27(22)13-15-6-7-15/h3-5,8-9,12,15H,1-2,6-7,10-11,13-14H2. The van der Waals surface area contributed by atoms with Crippen molar-refractivity contribution in [2.75, 3.05) is 13.1 Å². The highest BCUT2D eigenvalue weighted by atomic mass is 32.2. The summed E-state index contributed by atoms with van der Waals surface area (Å²) in [5, 5.41) is 0.653. The van der Waals surface area contributed by atoms with E-state index >= 15 is 0 Å². The summed E-state index contributed by atoms with van der Waals surface area (Å²) < 4.78 is 57.6. The van der Waals surface area contributed by atoms with Gasteiger partial charge in [-0.1, -0.05) is 17.8 Å². The molecule has 1 aliphatic heterocycles. The van der Waals surface area contributed by atoms with E-state index < -0.39 is 21.7 Å². The number of rotatable bonds is 7. The summed E-state index contributed by atoms with van der Waals surface area (Å²) in [6, 6.07) is 8.93. The van der Waals surface area contributed by atoms with Crippen molar-refractivity contribution in [3.8, 4) is 0 Å². The predicted molar refractivity (Wildman–Crippen MR) is 116 cm³/mol. The van der Waals surface area contributed by atoms with Crippen LogP contribution in [-0.2, 0) is 22.3 Å². The molecule has 31 heavy (non-hydrogen) atoms. The maximum atomic E-state index is 14.1. The van der Waals surface area contributed by atoms with Crippen molar-refractivity contribution in [1.29, 1.82) is 0 Å². The molecule has 164 valence electrons. The maximum absolute atomic E-state index is 14.1. The van der Waals surface area contributed by atoms with Gasteiger partial charge >= 0.3 is 0 Å². The molecule has 5 nitrogen and oxygen atoms in total. The summed E-state index contributed by atoms with van der Waals surface area (Å²) in [5.41, 5.74) is 1.47. The van der Waals surface area contributed by atoms with Crippen molar-refractivity contribution in [2.45, 2.75) is 48.0 Å². The number of nitrogens with zero attached hydrogens (tertiary/aromatic N) is 3. The highest BCUT2D eigenvalue weighted by Crippen LogP contribution is 2.36. The molecule has 3 aromatic rings. The van der Waals surface area contributed by atoms with Gasteiger partial charge in [-0.15, -0.1) is 0 Å². The molecule has 1 aliphatic carbocycles. The first-order valence-electron chi connectivity index (χ1n) is 10.5. The highest BCUT2D eigenvalue weighted by molar-refractivity contribution is 7.98. The Hall–Kier alpha value is -1.97. The van der Waals surface area contributed by atoms with Crippen LogP contribution in [0, 0.1) is 17.6 Å². The lowest BCUT2D eigenvalue weighted by molar-refractivity contribution is 0.477. The van der Waals surface area contributed by atoms with Crippen molar-refractivity contribution in [2.24, 2.45) is 5.92 Å². The molecule has 2 aromatic carbocycles. The lowest BCUT2D eigenvalue weighted by Gasteiger charge is -2.15. The lowest BCUT2D eigenvalue weighted by Crippen LogP contribution is -2.27. The third kappa shape index (κ3) is 4.10. The third-order valence-corrected chi connectivity index (χ3v) is 8.83. The Morgan fingerprint density at radius 2 is 1.77 bits per heavy atom. The van der Waals surface area contributed by atoms with E-state index in [1.807, 2.05) is 0 Å². The monoisotopic (exact) mass is 463 g/mol. The number of fused-ring (bicyclic) bond motifs is 1. The molecule has 9 heteroatoms. The summed E-state index contributed by atoms with van der Waals surface area (Å²) in [4.78, 5) is 4.91. The van der Waals surface area contributed by atoms with Crippen LogP contribution in [0.4, 0.5) is 8.78 Å². The first kappa shape index (κ1) is 20.9. The molecule has 1 aromatic heterocycles. The second-order valence-corrected chi connectivity index (χ2v) is 11.1. The van der Waals surface area contributed by atoms with Gasteiger partial charge in [-0.25, -0.2) is 22.2 Å². The van der Waals surface area contributed by atoms with Crippen LogP contribution in [-0.4, -0.2) is 35.4 Å². The quantitative estimate of drug-likeness (QED) is 0.472. The van der Waals surface area contributed by atoms with E-state index in [2.05, 4.69) is 9.55 Å². The van der Waals surface area contributed by atoms with Gasteiger partial charge in [-0.05, 0) is 61.9 Å². The zero-order valence-electron chi connectivity index (χ0n) is 16.9. The van der Waals surface area contributed by atoms with Gasteiger partial charge in [-0.2, -0.15) is 4.31 Å². The van der Waals surface area contributed by atoms with Crippen LogP contribution in [0.15, 0.2) is 46.5 Å². The Kier molecular flexibility index (Phi) is 5.52. The lowest BCUT2D eigenvalue weighted by atomic mass is 10.2. The number of imidazole rings is 1. The molecule has 1 saturated heterocycles. The Morgan fingerprint density at radius 1 is 1.06 bits per heavy atom. The van der Waals surface area contributed by atoms with Crippen molar-refractivity contribution >= 4 is 32.8 Å². The van der Waals surface area contributed by atoms with E-state index in [9.17, 15) is 17.2 Å². The molecular weight excluding hydrogens is 440 g/mol. The summed E-state index contributed by atoms with van der Waals surface area (Å²) in [5.74, 6) is -0.464. The number of thioether (sulfide) groups is 1. The van der Waals surface area contributed by atoms with Gasteiger partial charge in [0.1, 0.15) is 11.6 Å². The minimum Gasteiger partial charge on any atom is -0.319 e. The average molecular weight is 464 g/mol. The topological polar surface area (TPSA) is 55.2 Å². The van der Waals surface area contributed by atoms with Crippen molar-refractivity contribution in [1.82, 2.24) is 13.9 Å². The largest absolute Gasteiger partial charge is 0.319 e. The Labute approximate surface area is 184 Å². The van der Waals surface area contributed by atoms with E-state index in [1.165, 1.54) is 34.3 Å². The number of halogens is 2. The highest BCUT2D eigenvalue weighted by Gasteiger charge is 2.29. The van der Waals surface area contributed by atoms with Gasteiger partial charge in [0.25, 0.3) is 0 Å². The van der Waals surface area contributed by atoms with Crippen LogP contribution in [0.1, 0.15) is 31.2 Å². The smallest absolute Gasteiger partial charge is 0.243 e. The van der Waals surface area contributed by atoms with Gasteiger partial charge in [0.05, 0.1) is 15.9 Å². The van der Waals surface area contributed by atoms with E-state index in [0.29, 0.717) is 29.7 Å². The van der Waals surface area contributed by atoms with Gasteiger partial charge < -0.3 is 4.57 Å². The van der Waals surface area contributed by atoms with Crippen LogP contribution in [0.2, 0.25) is 0 Å². The predicted octanol–water partition coefficient (Wildman–Crippen LogP) is 4.80. The fourth-order valence-corrected chi connectivity index (χ4v) is 6.56. The first-order chi connectivity index (χ1) is 14.9. The molecule has 2 aliphatic rings. The molecule has 2 heterocycles. The van der Waals surface area contributed by atoms with Crippen LogP contribution >= 0.6 is 11.8 Å². The number of aromatic nitrogens is 2. The molecule has 0 unspecified atom stereocenters. The average Bonchev–Trinajstić information content (AvgIpc) is 3.25. The normalized spacial score (nSPS) is 17.6. The fourth-order valence-electron chi connectivity index (χ4n) is 3.98. The van der Waals surface area contributed by atoms with Crippen molar-refractivity contribution in [3.05, 3.63) is 53.6 Å². The zero-order chi connectivity index (χ0) is 21.6. The molecule has 0 amide bonds. The molecule has 0 bridgehead atoms. The summed E-state index contributed by atoms with van der Waals surface area (Å²) in [6.45, 7) is 1.87. The second-order valence-electron chi connectivity index (χ2n) is 8.20. The van der Waals surface area contributed by atoms with E-state index in [1.54, 1.807) is 18.2 Å². The molecule has 0 spiro atoms. The van der Waals surface area contributed by atoms with Crippen LogP contribution in [0.5, 0.6) is 0 Å².